The molecule has 0 N–H and O–H groups in total. The van der Waals surface area contributed by atoms with E-state index < -0.39 is 0 Å². The first-order valence-electron chi connectivity index (χ1n) is 5.96. The van der Waals surface area contributed by atoms with Crippen LogP contribution in [-0.4, -0.2) is 0 Å². The zero-order valence-electron chi connectivity index (χ0n) is 9.23. The molecule has 0 saturated heterocycles. The van der Waals surface area contributed by atoms with Crippen molar-refractivity contribution in [3.05, 3.63) is 47.3 Å². The molecular formula is C14H15NO. The summed E-state index contributed by atoms with van der Waals surface area (Å²) in [6.07, 6.45) is 6.78. The molecular weight excluding hydrogens is 198 g/mol. The summed E-state index contributed by atoms with van der Waals surface area (Å²) >= 11 is 0. The number of hydrogen-bond donors (Lipinski definition) is 0. The smallest absolute Gasteiger partial charge is 0.224 e. The quantitative estimate of drug-likeness (QED) is 0.528. The van der Waals surface area contributed by atoms with Crippen molar-refractivity contribution in [2.45, 2.75) is 31.6 Å². The predicted molar refractivity (Wildman–Crippen MR) is 64.1 cm³/mol. The fraction of sp³-hybridized carbons (Fsp3) is 0.357. The monoisotopic (exact) mass is 213 g/mol. The third-order valence-electron chi connectivity index (χ3n) is 3.62. The van der Waals surface area contributed by atoms with Gasteiger partial charge in [-0.25, -0.2) is 0 Å². The van der Waals surface area contributed by atoms with Gasteiger partial charge in [0.15, 0.2) is 6.20 Å². The number of hydrogen-bond acceptors (Lipinski definition) is 1. The number of pyridine rings is 1. The van der Waals surface area contributed by atoms with E-state index in [1.165, 1.54) is 31.2 Å². The number of aromatic nitrogens is 1. The van der Waals surface area contributed by atoms with E-state index in [2.05, 4.69) is 18.2 Å². The number of benzene rings is 1. The van der Waals surface area contributed by atoms with Gasteiger partial charge >= 0.3 is 0 Å². The van der Waals surface area contributed by atoms with Gasteiger partial charge in [0.2, 0.25) is 5.52 Å². The molecule has 2 heteroatoms. The minimum absolute atomic E-state index is 0.671. The van der Waals surface area contributed by atoms with E-state index in [9.17, 15) is 5.21 Å². The van der Waals surface area contributed by atoms with Crippen LogP contribution in [0.1, 0.15) is 37.2 Å². The summed E-state index contributed by atoms with van der Waals surface area (Å²) in [5, 5.41) is 12.7. The highest BCUT2D eigenvalue weighted by Gasteiger charge is 2.18. The van der Waals surface area contributed by atoms with Crippen LogP contribution in [0.3, 0.4) is 0 Å². The minimum Gasteiger partial charge on any atom is -0.618 e. The molecule has 1 aliphatic carbocycles. The van der Waals surface area contributed by atoms with E-state index in [4.69, 9.17) is 0 Å². The maximum Gasteiger partial charge on any atom is 0.224 e. The second kappa shape index (κ2) is 3.78. The predicted octanol–water partition coefficient (Wildman–Crippen LogP) is 3.13. The lowest BCUT2D eigenvalue weighted by Gasteiger charge is -2.10. The molecule has 1 aromatic heterocycles. The zero-order chi connectivity index (χ0) is 11.0. The molecule has 1 aliphatic rings. The van der Waals surface area contributed by atoms with Gasteiger partial charge < -0.3 is 5.21 Å². The summed E-state index contributed by atoms with van der Waals surface area (Å²) in [5.74, 6) is 0.671. The summed E-state index contributed by atoms with van der Waals surface area (Å²) < 4.78 is 0.966. The highest BCUT2D eigenvalue weighted by molar-refractivity contribution is 5.76. The molecule has 2 nitrogen and oxygen atoms in total. The molecule has 1 saturated carbocycles. The van der Waals surface area contributed by atoms with Crippen LogP contribution < -0.4 is 4.73 Å². The van der Waals surface area contributed by atoms with E-state index in [-0.39, 0.29) is 0 Å². The lowest BCUT2D eigenvalue weighted by atomic mass is 9.96. The summed E-state index contributed by atoms with van der Waals surface area (Å²) in [7, 11) is 0. The molecule has 82 valence electrons. The van der Waals surface area contributed by atoms with Crippen LogP contribution in [0.5, 0.6) is 0 Å². The fourth-order valence-corrected chi connectivity index (χ4v) is 2.71. The first-order chi connectivity index (χ1) is 7.84. The van der Waals surface area contributed by atoms with E-state index >= 15 is 0 Å². The van der Waals surface area contributed by atoms with Crippen LogP contribution in [-0.2, 0) is 0 Å². The van der Waals surface area contributed by atoms with Crippen LogP contribution in [0, 0.1) is 5.21 Å². The molecule has 0 unspecified atom stereocenters. The van der Waals surface area contributed by atoms with Gasteiger partial charge in [0.05, 0.1) is 0 Å². The summed E-state index contributed by atoms with van der Waals surface area (Å²) in [6.45, 7) is 0. The Morgan fingerprint density at radius 2 is 1.94 bits per heavy atom. The standard InChI is InChI=1S/C14H15NO/c16-15-9-3-6-12-7-8-13(10-14(12)15)11-4-1-2-5-11/h3,6-11H,1-2,4-5H2. The van der Waals surface area contributed by atoms with Gasteiger partial charge in [-0.2, -0.15) is 4.73 Å². The Hall–Kier alpha value is -1.57. The third-order valence-corrected chi connectivity index (χ3v) is 3.62. The van der Waals surface area contributed by atoms with E-state index in [1.54, 1.807) is 12.3 Å². The maximum absolute atomic E-state index is 11.7. The molecule has 2 aromatic rings. The van der Waals surface area contributed by atoms with Crippen molar-refractivity contribution in [3.8, 4) is 0 Å². The van der Waals surface area contributed by atoms with Crippen LogP contribution in [0.25, 0.3) is 10.9 Å². The SMILES string of the molecule is [O-][n+]1cccc2ccc(C3CCCC3)cc21. The third kappa shape index (κ3) is 1.54. The van der Waals surface area contributed by atoms with Crippen LogP contribution in [0.2, 0.25) is 0 Å². The van der Waals surface area contributed by atoms with Gasteiger partial charge in [0.1, 0.15) is 0 Å². The Morgan fingerprint density at radius 3 is 2.75 bits per heavy atom. The van der Waals surface area contributed by atoms with Crippen molar-refractivity contribution in [3.63, 3.8) is 0 Å². The summed E-state index contributed by atoms with van der Waals surface area (Å²) in [5.41, 5.74) is 2.13. The Bertz CT molecular complexity index is 515. The van der Waals surface area contributed by atoms with Crippen LogP contribution in [0.4, 0.5) is 0 Å². The largest absolute Gasteiger partial charge is 0.618 e. The van der Waals surface area contributed by atoms with Crippen molar-refractivity contribution >= 4 is 10.9 Å². The van der Waals surface area contributed by atoms with Gasteiger partial charge in [-0.1, -0.05) is 18.9 Å². The number of nitrogens with zero attached hydrogens (tertiary/aromatic N) is 1. The normalized spacial score (nSPS) is 17.0. The van der Waals surface area contributed by atoms with Gasteiger partial charge in [0, 0.05) is 17.5 Å². The molecule has 1 fully saturated rings. The highest BCUT2D eigenvalue weighted by atomic mass is 16.5. The second-order valence-corrected chi connectivity index (χ2v) is 4.63. The Labute approximate surface area is 95.1 Å². The van der Waals surface area contributed by atoms with Crippen molar-refractivity contribution < 1.29 is 4.73 Å². The van der Waals surface area contributed by atoms with Crippen molar-refractivity contribution in [1.29, 1.82) is 0 Å². The topological polar surface area (TPSA) is 26.9 Å². The van der Waals surface area contributed by atoms with Crippen molar-refractivity contribution in [2.24, 2.45) is 0 Å². The minimum atomic E-state index is 0.671. The molecule has 0 radical (unpaired) electrons. The molecule has 0 aliphatic heterocycles. The highest BCUT2D eigenvalue weighted by Crippen LogP contribution is 2.34. The van der Waals surface area contributed by atoms with Crippen molar-refractivity contribution in [1.82, 2.24) is 0 Å². The van der Waals surface area contributed by atoms with E-state index in [1.807, 2.05) is 6.07 Å². The Balaban J connectivity index is 2.10. The Kier molecular flexibility index (Phi) is 2.28. The van der Waals surface area contributed by atoms with Gasteiger partial charge in [0.25, 0.3) is 0 Å². The van der Waals surface area contributed by atoms with Crippen molar-refractivity contribution in [2.75, 3.05) is 0 Å². The lowest BCUT2D eigenvalue weighted by molar-refractivity contribution is -0.577. The van der Waals surface area contributed by atoms with Crippen LogP contribution >= 0.6 is 0 Å². The molecule has 0 spiro atoms. The Morgan fingerprint density at radius 1 is 1.12 bits per heavy atom. The first-order valence-corrected chi connectivity index (χ1v) is 5.96. The molecule has 0 atom stereocenters. The van der Waals surface area contributed by atoms with E-state index in [0.29, 0.717) is 5.92 Å². The average molecular weight is 213 g/mol. The summed E-state index contributed by atoms with van der Waals surface area (Å²) in [6, 6.07) is 10.1. The zero-order valence-corrected chi connectivity index (χ0v) is 9.23. The lowest BCUT2D eigenvalue weighted by Crippen LogP contribution is -2.25. The van der Waals surface area contributed by atoms with Gasteiger partial charge in [-0.05, 0) is 36.5 Å². The molecule has 0 amide bonds. The van der Waals surface area contributed by atoms with Gasteiger partial charge in [-0.15, -0.1) is 0 Å². The van der Waals surface area contributed by atoms with Gasteiger partial charge in [-0.3, -0.25) is 0 Å². The van der Waals surface area contributed by atoms with Crippen LogP contribution in [0.15, 0.2) is 36.5 Å². The maximum atomic E-state index is 11.7. The summed E-state index contributed by atoms with van der Waals surface area (Å²) in [4.78, 5) is 0. The second-order valence-electron chi connectivity index (χ2n) is 4.63. The molecule has 3 rings (SSSR count). The molecule has 0 bridgehead atoms. The molecule has 16 heavy (non-hydrogen) atoms. The fourth-order valence-electron chi connectivity index (χ4n) is 2.71. The average Bonchev–Trinajstić information content (AvgIpc) is 2.83. The number of rotatable bonds is 1. The molecule has 1 heterocycles. The first kappa shape index (κ1) is 9.64. The molecule has 1 aromatic carbocycles. The number of fused-ring (bicyclic) bond motifs is 1. The van der Waals surface area contributed by atoms with E-state index in [0.717, 1.165) is 15.6 Å².